The number of amides is 2. The van der Waals surface area contributed by atoms with Crippen LogP contribution in [0.3, 0.4) is 0 Å². The van der Waals surface area contributed by atoms with Gasteiger partial charge in [-0.05, 0) is 66.8 Å². The van der Waals surface area contributed by atoms with E-state index in [1.807, 2.05) is 25.1 Å². The second kappa shape index (κ2) is 10.8. The number of benzene rings is 1. The van der Waals surface area contributed by atoms with Gasteiger partial charge in [0.05, 0.1) is 12.7 Å². The van der Waals surface area contributed by atoms with Crippen LogP contribution in [0.1, 0.15) is 57.0 Å². The number of hydrogen-bond acceptors (Lipinski definition) is 6. The SMILES string of the molecule is C=C(/C=C\C=C(/C)c1nnc2n1CCC2)NC(=O)c1cc2c(cc1OC)CCN(C(=O)c1ccccn1)C2. The maximum atomic E-state index is 13.2. The summed E-state index contributed by atoms with van der Waals surface area (Å²) in [6.45, 7) is 7.86. The molecule has 2 aliphatic heterocycles. The average molecular weight is 511 g/mol. The van der Waals surface area contributed by atoms with Crippen LogP contribution < -0.4 is 10.1 Å². The molecule has 1 N–H and O–H groups in total. The van der Waals surface area contributed by atoms with Gasteiger partial charge in [0.1, 0.15) is 17.3 Å². The first-order valence-electron chi connectivity index (χ1n) is 12.6. The van der Waals surface area contributed by atoms with Gasteiger partial charge in [-0.25, -0.2) is 0 Å². The number of carbonyl (C=O) groups excluding carboxylic acids is 2. The number of nitrogens with zero attached hydrogens (tertiary/aromatic N) is 5. The number of pyridine rings is 1. The molecule has 194 valence electrons. The number of nitrogens with one attached hydrogen (secondary N) is 1. The Morgan fingerprint density at radius 1 is 1.13 bits per heavy atom. The Hall–Kier alpha value is -4.53. The lowest BCUT2D eigenvalue weighted by Crippen LogP contribution is -2.36. The number of ether oxygens (including phenoxy) is 1. The van der Waals surface area contributed by atoms with Crippen molar-refractivity contribution >= 4 is 17.4 Å². The number of hydrogen-bond donors (Lipinski definition) is 1. The van der Waals surface area contributed by atoms with E-state index in [-0.39, 0.29) is 11.8 Å². The third-order valence-corrected chi connectivity index (χ3v) is 6.83. The first kappa shape index (κ1) is 25.1. The van der Waals surface area contributed by atoms with Gasteiger partial charge in [0.2, 0.25) is 0 Å². The molecule has 0 saturated carbocycles. The predicted molar refractivity (Wildman–Crippen MR) is 143 cm³/mol. The van der Waals surface area contributed by atoms with E-state index in [0.29, 0.717) is 42.2 Å². The van der Waals surface area contributed by atoms with Gasteiger partial charge in [0.25, 0.3) is 11.8 Å². The average Bonchev–Trinajstić information content (AvgIpc) is 3.56. The minimum atomic E-state index is -0.330. The van der Waals surface area contributed by atoms with Crippen molar-refractivity contribution in [1.29, 1.82) is 0 Å². The molecule has 0 radical (unpaired) electrons. The quantitative estimate of drug-likeness (QED) is 0.486. The van der Waals surface area contributed by atoms with Gasteiger partial charge in [-0.3, -0.25) is 14.6 Å². The van der Waals surface area contributed by atoms with E-state index in [9.17, 15) is 9.59 Å². The van der Waals surface area contributed by atoms with Gasteiger partial charge in [-0.1, -0.05) is 24.8 Å². The topological polar surface area (TPSA) is 102 Å². The lowest BCUT2D eigenvalue weighted by atomic mass is 9.96. The third-order valence-electron chi connectivity index (χ3n) is 6.83. The summed E-state index contributed by atoms with van der Waals surface area (Å²) >= 11 is 0. The van der Waals surface area contributed by atoms with Crippen LogP contribution in [0.2, 0.25) is 0 Å². The number of allylic oxidation sites excluding steroid dienone is 4. The fourth-order valence-electron chi connectivity index (χ4n) is 4.84. The highest BCUT2D eigenvalue weighted by Gasteiger charge is 2.25. The Balaban J connectivity index is 1.27. The lowest BCUT2D eigenvalue weighted by Gasteiger charge is -2.29. The molecule has 2 amide bonds. The summed E-state index contributed by atoms with van der Waals surface area (Å²) < 4.78 is 7.67. The number of rotatable bonds is 7. The van der Waals surface area contributed by atoms with Gasteiger partial charge in [-0.2, -0.15) is 0 Å². The van der Waals surface area contributed by atoms with Crippen LogP contribution >= 0.6 is 0 Å². The molecule has 0 fully saturated rings. The minimum absolute atomic E-state index is 0.129. The molecule has 0 unspecified atom stereocenters. The normalized spacial score (nSPS) is 14.8. The van der Waals surface area contributed by atoms with Crippen molar-refractivity contribution in [1.82, 2.24) is 30.0 Å². The van der Waals surface area contributed by atoms with E-state index in [2.05, 4.69) is 31.6 Å². The summed E-state index contributed by atoms with van der Waals surface area (Å²) in [5.41, 5.74) is 4.19. The first-order valence-corrected chi connectivity index (χ1v) is 12.6. The van der Waals surface area contributed by atoms with Crippen LogP contribution in [0.15, 0.2) is 67.0 Å². The highest BCUT2D eigenvalue weighted by molar-refractivity contribution is 5.98. The van der Waals surface area contributed by atoms with E-state index in [0.717, 1.165) is 47.7 Å². The fourth-order valence-corrected chi connectivity index (χ4v) is 4.84. The summed E-state index contributed by atoms with van der Waals surface area (Å²) in [5.74, 6) is 1.92. The summed E-state index contributed by atoms with van der Waals surface area (Å²) in [5, 5.41) is 11.4. The molecule has 9 heteroatoms. The second-order valence-electron chi connectivity index (χ2n) is 9.40. The van der Waals surface area contributed by atoms with Crippen LogP contribution in [-0.4, -0.2) is 50.1 Å². The molecule has 2 aliphatic rings. The summed E-state index contributed by atoms with van der Waals surface area (Å²) in [7, 11) is 1.54. The van der Waals surface area contributed by atoms with Crippen LogP contribution in [0.25, 0.3) is 5.57 Å². The summed E-state index contributed by atoms with van der Waals surface area (Å²) in [6.07, 6.45) is 9.83. The van der Waals surface area contributed by atoms with Crippen LogP contribution in [0, 0.1) is 0 Å². The number of carbonyl (C=O) groups is 2. The Morgan fingerprint density at radius 3 is 2.79 bits per heavy atom. The summed E-state index contributed by atoms with van der Waals surface area (Å²) in [4.78, 5) is 32.0. The Labute approximate surface area is 221 Å². The molecule has 1 aromatic carbocycles. The van der Waals surface area contributed by atoms with Gasteiger partial charge in [0, 0.05) is 37.9 Å². The maximum Gasteiger partial charge on any atom is 0.272 e. The number of aromatic nitrogens is 4. The van der Waals surface area contributed by atoms with Gasteiger partial charge < -0.3 is 19.5 Å². The third kappa shape index (κ3) is 5.13. The van der Waals surface area contributed by atoms with Gasteiger partial charge in [0.15, 0.2) is 5.82 Å². The Bertz CT molecular complexity index is 1450. The number of aryl methyl sites for hydroxylation is 1. The largest absolute Gasteiger partial charge is 0.496 e. The molecule has 0 aliphatic carbocycles. The van der Waals surface area contributed by atoms with Crippen molar-refractivity contribution in [2.75, 3.05) is 13.7 Å². The van der Waals surface area contributed by atoms with Gasteiger partial charge >= 0.3 is 0 Å². The zero-order valence-corrected chi connectivity index (χ0v) is 21.6. The van der Waals surface area contributed by atoms with Crippen molar-refractivity contribution in [3.05, 3.63) is 101 Å². The maximum absolute atomic E-state index is 13.2. The standard InChI is InChI=1S/C29H30N6O3/c1-19(27-33-32-26-11-7-14-35(26)27)8-6-9-20(2)31-28(36)23-16-22-18-34(15-12-21(22)17-25(23)38-3)29(37)24-10-4-5-13-30-24/h4-6,8-10,13,16-17H,2,7,11-12,14-15,18H2,1,3H3,(H,31,36)/b9-6-,19-8+. The Morgan fingerprint density at radius 2 is 2.00 bits per heavy atom. The zero-order chi connectivity index (χ0) is 26.6. The van der Waals surface area contributed by atoms with Crippen molar-refractivity contribution < 1.29 is 14.3 Å². The Kier molecular flexibility index (Phi) is 7.17. The van der Waals surface area contributed by atoms with E-state index in [1.165, 1.54) is 0 Å². The monoisotopic (exact) mass is 510 g/mol. The lowest BCUT2D eigenvalue weighted by molar-refractivity contribution is 0.0728. The predicted octanol–water partition coefficient (Wildman–Crippen LogP) is 3.73. The zero-order valence-electron chi connectivity index (χ0n) is 21.6. The molecule has 3 aromatic rings. The molecule has 5 rings (SSSR count). The van der Waals surface area contributed by atoms with Crippen LogP contribution in [-0.2, 0) is 25.9 Å². The molecular weight excluding hydrogens is 480 g/mol. The molecule has 0 bridgehead atoms. The molecule has 0 saturated heterocycles. The van der Waals surface area contributed by atoms with E-state index >= 15 is 0 Å². The first-order chi connectivity index (χ1) is 18.4. The van der Waals surface area contributed by atoms with Crippen molar-refractivity contribution in [2.24, 2.45) is 0 Å². The molecule has 38 heavy (non-hydrogen) atoms. The molecular formula is C29H30N6O3. The number of fused-ring (bicyclic) bond motifs is 2. The van der Waals surface area contributed by atoms with Crippen molar-refractivity contribution in [2.45, 2.75) is 39.3 Å². The number of methoxy groups -OCH3 is 1. The van der Waals surface area contributed by atoms with Gasteiger partial charge in [-0.15, -0.1) is 10.2 Å². The molecule has 9 nitrogen and oxygen atoms in total. The van der Waals surface area contributed by atoms with E-state index in [4.69, 9.17) is 4.74 Å². The highest BCUT2D eigenvalue weighted by atomic mass is 16.5. The summed E-state index contributed by atoms with van der Waals surface area (Å²) in [6, 6.07) is 8.97. The minimum Gasteiger partial charge on any atom is -0.496 e. The fraction of sp³-hybridized carbons (Fsp3) is 0.276. The van der Waals surface area contributed by atoms with E-state index < -0.39 is 0 Å². The molecule has 4 heterocycles. The second-order valence-corrected chi connectivity index (χ2v) is 9.40. The smallest absolute Gasteiger partial charge is 0.272 e. The highest BCUT2D eigenvalue weighted by Crippen LogP contribution is 2.29. The van der Waals surface area contributed by atoms with Crippen molar-refractivity contribution in [3.8, 4) is 5.75 Å². The molecule has 0 spiro atoms. The molecule has 0 atom stereocenters. The van der Waals surface area contributed by atoms with Crippen LogP contribution in [0.4, 0.5) is 0 Å². The molecule has 2 aromatic heterocycles. The van der Waals surface area contributed by atoms with E-state index in [1.54, 1.807) is 48.5 Å². The van der Waals surface area contributed by atoms with Crippen molar-refractivity contribution in [3.63, 3.8) is 0 Å². The van der Waals surface area contributed by atoms with Crippen LogP contribution in [0.5, 0.6) is 5.75 Å².